The van der Waals surface area contributed by atoms with E-state index in [1.54, 1.807) is 24.3 Å². The van der Waals surface area contributed by atoms with Crippen molar-refractivity contribution >= 4 is 17.7 Å². The quantitative estimate of drug-likeness (QED) is 0.201. The monoisotopic (exact) mass is 492 g/mol. The summed E-state index contributed by atoms with van der Waals surface area (Å²) in [7, 11) is 2.66. The van der Waals surface area contributed by atoms with Crippen molar-refractivity contribution in [2.75, 3.05) is 27.3 Å². The number of nitrogens with one attached hydrogen (secondary N) is 3. The average Bonchev–Trinajstić information content (AvgIpc) is 2.94. The summed E-state index contributed by atoms with van der Waals surface area (Å²) in [5.74, 6) is 3.88. The number of carbonyl (C=O) groups excluding carboxylic acids is 3. The SMILES string of the molecule is CNC(=O)C(C)(C(=O)NO)N(C)C(=O)c1ccc(C#Cc2ccc(CNC3CCOCC3)cc2)cc1. The van der Waals surface area contributed by atoms with Gasteiger partial charge < -0.3 is 20.3 Å². The number of rotatable bonds is 7. The minimum atomic E-state index is -1.94. The van der Waals surface area contributed by atoms with E-state index >= 15 is 0 Å². The Balaban J connectivity index is 1.63. The zero-order chi connectivity index (χ0) is 26.1. The van der Waals surface area contributed by atoms with Crippen LogP contribution in [-0.4, -0.2) is 66.7 Å². The molecule has 0 aliphatic carbocycles. The second-order valence-electron chi connectivity index (χ2n) is 8.75. The summed E-state index contributed by atoms with van der Waals surface area (Å²) in [4.78, 5) is 38.4. The van der Waals surface area contributed by atoms with Crippen LogP contribution in [0.5, 0.6) is 0 Å². The van der Waals surface area contributed by atoms with E-state index in [1.807, 2.05) is 12.1 Å². The lowest BCUT2D eigenvalue weighted by atomic mass is 9.96. The second kappa shape index (κ2) is 12.3. The summed E-state index contributed by atoms with van der Waals surface area (Å²) in [6.45, 7) is 3.69. The van der Waals surface area contributed by atoms with Gasteiger partial charge in [0.1, 0.15) is 0 Å². The first-order valence-electron chi connectivity index (χ1n) is 11.8. The number of hydroxylamine groups is 1. The highest BCUT2D eigenvalue weighted by molar-refractivity contribution is 6.12. The summed E-state index contributed by atoms with van der Waals surface area (Å²) < 4.78 is 5.39. The van der Waals surface area contributed by atoms with Crippen LogP contribution in [0.4, 0.5) is 0 Å². The van der Waals surface area contributed by atoms with Crippen molar-refractivity contribution < 1.29 is 24.3 Å². The summed E-state index contributed by atoms with van der Waals surface area (Å²) in [6.07, 6.45) is 2.07. The molecule has 1 saturated heterocycles. The third kappa shape index (κ3) is 6.29. The lowest BCUT2D eigenvalue weighted by Crippen LogP contribution is -2.64. The third-order valence-corrected chi connectivity index (χ3v) is 6.44. The Morgan fingerprint density at radius 1 is 1.00 bits per heavy atom. The maximum atomic E-state index is 12.9. The summed E-state index contributed by atoms with van der Waals surface area (Å²) in [5.41, 5.74) is 2.56. The molecule has 1 heterocycles. The standard InChI is InChI=1S/C27H32N4O5/c1-27(25(33)28-2,26(34)30-35)31(3)24(32)22-12-10-20(11-13-22)5-4-19-6-8-21(9-7-19)18-29-23-14-16-36-17-15-23/h6-13,23,29,35H,14-18H2,1-3H3,(H,28,33)(H,30,34). The number of benzene rings is 2. The van der Waals surface area contributed by atoms with Crippen LogP contribution in [0.1, 0.15) is 46.8 Å². The first-order valence-corrected chi connectivity index (χ1v) is 11.8. The Bertz CT molecular complexity index is 1110. The summed E-state index contributed by atoms with van der Waals surface area (Å²) in [6, 6.07) is 15.1. The summed E-state index contributed by atoms with van der Waals surface area (Å²) in [5, 5.41) is 15.0. The van der Waals surface area contributed by atoms with Gasteiger partial charge in [-0.05, 0) is 61.7 Å². The smallest absolute Gasteiger partial charge is 0.278 e. The average molecular weight is 493 g/mol. The molecular formula is C27H32N4O5. The predicted octanol–water partition coefficient (Wildman–Crippen LogP) is 1.44. The molecule has 1 aliphatic rings. The van der Waals surface area contributed by atoms with Crippen molar-refractivity contribution in [3.05, 3.63) is 70.8 Å². The molecule has 0 radical (unpaired) electrons. The first kappa shape index (κ1) is 26.9. The number of likely N-dealkylation sites (N-methyl/N-ethyl adjacent to an activating group) is 2. The van der Waals surface area contributed by atoms with Crippen molar-refractivity contribution in [2.45, 2.75) is 37.9 Å². The van der Waals surface area contributed by atoms with E-state index < -0.39 is 23.3 Å². The largest absolute Gasteiger partial charge is 0.381 e. The van der Waals surface area contributed by atoms with Gasteiger partial charge in [0, 0.05) is 56.6 Å². The molecule has 4 N–H and O–H groups in total. The fourth-order valence-corrected chi connectivity index (χ4v) is 3.87. The van der Waals surface area contributed by atoms with Crippen LogP contribution in [0.2, 0.25) is 0 Å². The number of hydrogen-bond acceptors (Lipinski definition) is 6. The van der Waals surface area contributed by atoms with Gasteiger partial charge in [-0.15, -0.1) is 0 Å². The Morgan fingerprint density at radius 3 is 2.08 bits per heavy atom. The van der Waals surface area contributed by atoms with Gasteiger partial charge in [-0.25, -0.2) is 5.48 Å². The van der Waals surface area contributed by atoms with Gasteiger partial charge >= 0.3 is 0 Å². The fraction of sp³-hybridized carbons (Fsp3) is 0.370. The van der Waals surface area contributed by atoms with Crippen LogP contribution >= 0.6 is 0 Å². The van der Waals surface area contributed by atoms with Gasteiger partial charge in [0.05, 0.1) is 0 Å². The lowest BCUT2D eigenvalue weighted by Gasteiger charge is -2.34. The zero-order valence-corrected chi connectivity index (χ0v) is 20.8. The topological polar surface area (TPSA) is 120 Å². The highest BCUT2D eigenvalue weighted by Gasteiger charge is 2.47. The molecule has 1 atom stereocenters. The van der Waals surface area contributed by atoms with Crippen LogP contribution < -0.4 is 16.1 Å². The van der Waals surface area contributed by atoms with Crippen molar-refractivity contribution in [3.63, 3.8) is 0 Å². The van der Waals surface area contributed by atoms with Crippen LogP contribution in [-0.2, 0) is 20.9 Å². The van der Waals surface area contributed by atoms with Crippen molar-refractivity contribution in [1.29, 1.82) is 0 Å². The van der Waals surface area contributed by atoms with Gasteiger partial charge in [0.25, 0.3) is 17.7 Å². The van der Waals surface area contributed by atoms with E-state index in [0.717, 1.165) is 43.1 Å². The molecule has 0 spiro atoms. The second-order valence-corrected chi connectivity index (χ2v) is 8.75. The zero-order valence-electron chi connectivity index (χ0n) is 20.8. The van der Waals surface area contributed by atoms with Gasteiger partial charge in [-0.2, -0.15) is 0 Å². The van der Waals surface area contributed by atoms with Gasteiger partial charge in [0.2, 0.25) is 0 Å². The van der Waals surface area contributed by atoms with E-state index in [1.165, 1.54) is 32.1 Å². The Hall–Kier alpha value is -3.71. The van der Waals surface area contributed by atoms with Crippen molar-refractivity contribution in [1.82, 2.24) is 21.0 Å². The van der Waals surface area contributed by atoms with E-state index in [0.29, 0.717) is 11.6 Å². The van der Waals surface area contributed by atoms with E-state index in [-0.39, 0.29) is 5.56 Å². The van der Waals surface area contributed by atoms with Gasteiger partial charge in [-0.3, -0.25) is 19.6 Å². The Kier molecular flexibility index (Phi) is 9.19. The molecule has 2 aromatic rings. The number of ether oxygens (including phenoxy) is 1. The molecule has 3 rings (SSSR count). The minimum absolute atomic E-state index is 0.269. The number of amides is 3. The van der Waals surface area contributed by atoms with Gasteiger partial charge in [0.15, 0.2) is 5.54 Å². The van der Waals surface area contributed by atoms with Crippen LogP contribution in [0.15, 0.2) is 48.5 Å². The molecule has 0 saturated carbocycles. The maximum Gasteiger partial charge on any atom is 0.278 e. The third-order valence-electron chi connectivity index (χ3n) is 6.44. The predicted molar refractivity (Wildman–Crippen MR) is 134 cm³/mol. The number of hydrogen-bond donors (Lipinski definition) is 4. The molecule has 36 heavy (non-hydrogen) atoms. The fourth-order valence-electron chi connectivity index (χ4n) is 3.87. The number of carbonyl (C=O) groups is 3. The molecule has 0 aromatic heterocycles. The molecule has 2 aromatic carbocycles. The molecule has 1 fully saturated rings. The summed E-state index contributed by atoms with van der Waals surface area (Å²) >= 11 is 0. The Labute approximate surface area is 211 Å². The van der Waals surface area contributed by atoms with Crippen LogP contribution in [0.3, 0.4) is 0 Å². The first-order chi connectivity index (χ1) is 17.3. The van der Waals surface area contributed by atoms with Crippen LogP contribution in [0, 0.1) is 11.8 Å². The van der Waals surface area contributed by atoms with E-state index in [4.69, 9.17) is 9.94 Å². The van der Waals surface area contributed by atoms with E-state index in [9.17, 15) is 14.4 Å². The van der Waals surface area contributed by atoms with Gasteiger partial charge in [-0.1, -0.05) is 24.0 Å². The van der Waals surface area contributed by atoms with E-state index in [2.05, 4.69) is 34.6 Å². The minimum Gasteiger partial charge on any atom is -0.381 e. The molecule has 3 amide bonds. The maximum absolute atomic E-state index is 12.9. The molecule has 9 heteroatoms. The highest BCUT2D eigenvalue weighted by atomic mass is 16.5. The van der Waals surface area contributed by atoms with Crippen molar-refractivity contribution in [3.8, 4) is 11.8 Å². The number of nitrogens with zero attached hydrogens (tertiary/aromatic N) is 1. The Morgan fingerprint density at radius 2 is 1.56 bits per heavy atom. The molecule has 1 aliphatic heterocycles. The van der Waals surface area contributed by atoms with Crippen molar-refractivity contribution in [2.24, 2.45) is 0 Å². The molecule has 190 valence electrons. The molecule has 1 unspecified atom stereocenters. The van der Waals surface area contributed by atoms with Crippen LogP contribution in [0.25, 0.3) is 0 Å². The molecule has 0 bridgehead atoms. The molecular weight excluding hydrogens is 460 g/mol. The highest BCUT2D eigenvalue weighted by Crippen LogP contribution is 2.18. The normalized spacial score (nSPS) is 15.1. The lowest BCUT2D eigenvalue weighted by molar-refractivity contribution is -0.148. The molecule has 9 nitrogen and oxygen atoms in total.